The Morgan fingerprint density at radius 2 is 2.04 bits per heavy atom. The number of hydrogen-bond acceptors (Lipinski definition) is 4. The van der Waals surface area contributed by atoms with Crippen molar-refractivity contribution < 1.29 is 4.79 Å². The number of para-hydroxylation sites is 1. The number of aromatic amines is 1. The molecule has 0 fully saturated rings. The number of pyridine rings is 1. The zero-order valence-corrected chi connectivity index (χ0v) is 14.1. The molecule has 0 atom stereocenters. The van der Waals surface area contributed by atoms with Crippen molar-refractivity contribution in [2.45, 2.75) is 25.8 Å². The summed E-state index contributed by atoms with van der Waals surface area (Å²) in [5.41, 5.74) is 4.54. The molecule has 2 N–H and O–H groups in total. The molecule has 0 bridgehead atoms. The number of amides is 1. The summed E-state index contributed by atoms with van der Waals surface area (Å²) < 4.78 is 0. The Bertz CT molecular complexity index is 853. The molecule has 0 spiro atoms. The van der Waals surface area contributed by atoms with Crippen LogP contribution in [0.3, 0.4) is 0 Å². The van der Waals surface area contributed by atoms with Crippen LogP contribution < -0.4 is 5.32 Å². The number of benzene rings is 1. The fourth-order valence-electron chi connectivity index (χ4n) is 2.44. The standard InChI is InChI=1S/C17H18N4OS/c1-10-8-16(18-14-7-5-4-6-13(10)14)23-9-15(22)19-17-11(2)20-21-12(17)3/h4-8H,9H2,1-3H3,(H,19,22)(H,20,21). The third-order valence-corrected chi connectivity index (χ3v) is 4.55. The van der Waals surface area contributed by atoms with Crippen LogP contribution in [0.15, 0.2) is 35.4 Å². The molecule has 0 unspecified atom stereocenters. The van der Waals surface area contributed by atoms with Gasteiger partial charge in [-0.15, -0.1) is 0 Å². The van der Waals surface area contributed by atoms with E-state index in [-0.39, 0.29) is 5.91 Å². The van der Waals surface area contributed by atoms with Crippen LogP contribution in [0.2, 0.25) is 0 Å². The van der Waals surface area contributed by atoms with Gasteiger partial charge < -0.3 is 5.32 Å². The Morgan fingerprint density at radius 3 is 2.78 bits per heavy atom. The molecule has 6 heteroatoms. The van der Waals surface area contributed by atoms with E-state index in [9.17, 15) is 4.79 Å². The van der Waals surface area contributed by atoms with E-state index in [1.54, 1.807) is 0 Å². The minimum absolute atomic E-state index is 0.0600. The number of hydrogen-bond donors (Lipinski definition) is 2. The largest absolute Gasteiger partial charge is 0.322 e. The van der Waals surface area contributed by atoms with Crippen LogP contribution in [0.4, 0.5) is 5.69 Å². The molecule has 118 valence electrons. The average Bonchev–Trinajstić information content (AvgIpc) is 2.85. The van der Waals surface area contributed by atoms with E-state index in [4.69, 9.17) is 0 Å². The van der Waals surface area contributed by atoms with E-state index in [2.05, 4.69) is 33.5 Å². The van der Waals surface area contributed by atoms with Crippen LogP contribution >= 0.6 is 11.8 Å². The first kappa shape index (κ1) is 15.6. The fraction of sp³-hybridized carbons (Fsp3) is 0.235. The van der Waals surface area contributed by atoms with Crippen molar-refractivity contribution in [2.24, 2.45) is 0 Å². The molecule has 1 amide bonds. The SMILES string of the molecule is Cc1n[nH]c(C)c1NC(=O)CSc1cc(C)c2ccccc2n1. The van der Waals surface area contributed by atoms with E-state index in [1.807, 2.05) is 38.1 Å². The maximum atomic E-state index is 12.1. The first-order valence-corrected chi connectivity index (χ1v) is 8.34. The van der Waals surface area contributed by atoms with Crippen molar-refractivity contribution in [3.63, 3.8) is 0 Å². The van der Waals surface area contributed by atoms with Gasteiger partial charge in [-0.2, -0.15) is 5.10 Å². The van der Waals surface area contributed by atoms with Gasteiger partial charge in [0.15, 0.2) is 0 Å². The van der Waals surface area contributed by atoms with Gasteiger partial charge in [-0.25, -0.2) is 4.98 Å². The molecule has 0 radical (unpaired) electrons. The maximum Gasteiger partial charge on any atom is 0.234 e. The third kappa shape index (κ3) is 3.37. The number of aromatic nitrogens is 3. The molecular weight excluding hydrogens is 308 g/mol. The number of thioether (sulfide) groups is 1. The summed E-state index contributed by atoms with van der Waals surface area (Å²) >= 11 is 1.44. The van der Waals surface area contributed by atoms with Crippen LogP contribution in [-0.2, 0) is 4.79 Å². The highest BCUT2D eigenvalue weighted by Gasteiger charge is 2.11. The fourth-order valence-corrected chi connectivity index (χ4v) is 3.22. The highest BCUT2D eigenvalue weighted by atomic mass is 32.2. The monoisotopic (exact) mass is 326 g/mol. The summed E-state index contributed by atoms with van der Waals surface area (Å²) in [7, 11) is 0. The number of carbonyl (C=O) groups excluding carboxylic acids is 1. The van der Waals surface area contributed by atoms with Gasteiger partial charge >= 0.3 is 0 Å². The zero-order chi connectivity index (χ0) is 16.4. The Labute approximate surface area is 138 Å². The van der Waals surface area contributed by atoms with Crippen molar-refractivity contribution in [2.75, 3.05) is 11.1 Å². The predicted molar refractivity (Wildman–Crippen MR) is 93.9 cm³/mol. The lowest BCUT2D eigenvalue weighted by Gasteiger charge is -2.07. The first-order chi connectivity index (χ1) is 11.0. The van der Waals surface area contributed by atoms with Crippen LogP contribution in [0, 0.1) is 20.8 Å². The second-order valence-electron chi connectivity index (χ2n) is 5.44. The van der Waals surface area contributed by atoms with Crippen LogP contribution in [0.1, 0.15) is 17.0 Å². The van der Waals surface area contributed by atoms with E-state index >= 15 is 0 Å². The number of aryl methyl sites for hydroxylation is 3. The number of anilines is 1. The smallest absolute Gasteiger partial charge is 0.234 e. The maximum absolute atomic E-state index is 12.1. The predicted octanol–water partition coefficient (Wildman–Crippen LogP) is 3.61. The highest BCUT2D eigenvalue weighted by Crippen LogP contribution is 2.24. The number of nitrogens with zero attached hydrogens (tertiary/aromatic N) is 2. The average molecular weight is 326 g/mol. The molecule has 0 aliphatic rings. The van der Waals surface area contributed by atoms with Crippen molar-refractivity contribution in [3.05, 3.63) is 47.3 Å². The molecule has 2 aromatic heterocycles. The Balaban J connectivity index is 1.70. The van der Waals surface area contributed by atoms with E-state index in [1.165, 1.54) is 17.3 Å². The minimum Gasteiger partial charge on any atom is -0.322 e. The highest BCUT2D eigenvalue weighted by molar-refractivity contribution is 7.99. The summed E-state index contributed by atoms with van der Waals surface area (Å²) in [5.74, 6) is 0.254. The van der Waals surface area contributed by atoms with Gasteiger partial charge in [0.2, 0.25) is 5.91 Å². The van der Waals surface area contributed by atoms with Crippen molar-refractivity contribution in [1.29, 1.82) is 0 Å². The lowest BCUT2D eigenvalue weighted by Crippen LogP contribution is -2.15. The molecular formula is C17H18N4OS. The number of rotatable bonds is 4. The van der Waals surface area contributed by atoms with Gasteiger partial charge in [-0.3, -0.25) is 9.89 Å². The molecule has 0 saturated heterocycles. The van der Waals surface area contributed by atoms with Crippen molar-refractivity contribution >= 4 is 34.3 Å². The summed E-state index contributed by atoms with van der Waals surface area (Å²) in [6.07, 6.45) is 0. The summed E-state index contributed by atoms with van der Waals surface area (Å²) in [6.45, 7) is 5.81. The lowest BCUT2D eigenvalue weighted by atomic mass is 10.1. The summed E-state index contributed by atoms with van der Waals surface area (Å²) in [6, 6.07) is 10.1. The third-order valence-electron chi connectivity index (χ3n) is 3.64. The second-order valence-corrected chi connectivity index (χ2v) is 6.44. The van der Waals surface area contributed by atoms with Crippen molar-refractivity contribution in [3.8, 4) is 0 Å². The van der Waals surface area contributed by atoms with Gasteiger partial charge in [0.1, 0.15) is 0 Å². The molecule has 0 saturated carbocycles. The normalized spacial score (nSPS) is 10.9. The van der Waals surface area contributed by atoms with Gasteiger partial charge in [0, 0.05) is 5.39 Å². The van der Waals surface area contributed by atoms with Crippen LogP contribution in [0.5, 0.6) is 0 Å². The molecule has 1 aromatic carbocycles. The molecule has 3 rings (SSSR count). The van der Waals surface area contributed by atoms with Crippen LogP contribution in [-0.4, -0.2) is 26.8 Å². The van der Waals surface area contributed by atoms with Gasteiger partial charge in [0.05, 0.1) is 33.4 Å². The van der Waals surface area contributed by atoms with Gasteiger partial charge in [0.25, 0.3) is 0 Å². The molecule has 2 heterocycles. The topological polar surface area (TPSA) is 70.7 Å². The molecule has 3 aromatic rings. The molecule has 0 aliphatic heterocycles. The quantitative estimate of drug-likeness (QED) is 0.719. The van der Waals surface area contributed by atoms with E-state index in [0.29, 0.717) is 5.75 Å². The number of H-pyrrole nitrogens is 1. The summed E-state index contributed by atoms with van der Waals surface area (Å²) in [5, 5.41) is 11.8. The number of nitrogens with one attached hydrogen (secondary N) is 2. The Morgan fingerprint density at radius 1 is 1.26 bits per heavy atom. The molecule has 23 heavy (non-hydrogen) atoms. The molecule has 5 nitrogen and oxygen atoms in total. The first-order valence-electron chi connectivity index (χ1n) is 7.35. The Kier molecular flexibility index (Phi) is 4.34. The zero-order valence-electron chi connectivity index (χ0n) is 13.3. The Hall–Kier alpha value is -2.34. The van der Waals surface area contributed by atoms with Crippen molar-refractivity contribution in [1.82, 2.24) is 15.2 Å². The summed E-state index contributed by atoms with van der Waals surface area (Å²) in [4.78, 5) is 16.7. The van der Waals surface area contributed by atoms with Crippen LogP contribution in [0.25, 0.3) is 10.9 Å². The minimum atomic E-state index is -0.0600. The lowest BCUT2D eigenvalue weighted by molar-refractivity contribution is -0.113. The molecule has 0 aliphatic carbocycles. The number of fused-ring (bicyclic) bond motifs is 1. The van der Waals surface area contributed by atoms with Gasteiger partial charge in [-0.05, 0) is 38.5 Å². The number of carbonyl (C=O) groups is 1. The second kappa shape index (κ2) is 6.42. The van der Waals surface area contributed by atoms with Gasteiger partial charge in [-0.1, -0.05) is 30.0 Å². The van der Waals surface area contributed by atoms with E-state index in [0.717, 1.165) is 33.0 Å². The van der Waals surface area contributed by atoms with E-state index < -0.39 is 0 Å².